The summed E-state index contributed by atoms with van der Waals surface area (Å²) in [5.41, 5.74) is 2.82. The second-order valence-corrected chi connectivity index (χ2v) is 5.13. The van der Waals surface area contributed by atoms with Crippen LogP contribution in [0.5, 0.6) is 0 Å². The highest BCUT2D eigenvalue weighted by Crippen LogP contribution is 2.26. The van der Waals surface area contributed by atoms with Crippen molar-refractivity contribution in [2.24, 2.45) is 5.92 Å². The Morgan fingerprint density at radius 3 is 2.76 bits per heavy atom. The van der Waals surface area contributed by atoms with E-state index in [1.807, 2.05) is 0 Å². The van der Waals surface area contributed by atoms with Crippen LogP contribution in [0.25, 0.3) is 0 Å². The summed E-state index contributed by atoms with van der Waals surface area (Å²) in [5, 5.41) is 0. The Morgan fingerprint density at radius 2 is 2.06 bits per heavy atom. The first-order chi connectivity index (χ1) is 8.25. The van der Waals surface area contributed by atoms with Gasteiger partial charge in [-0.25, -0.2) is 0 Å². The van der Waals surface area contributed by atoms with Gasteiger partial charge >= 0.3 is 0 Å². The number of rotatable bonds is 4. The first-order valence-corrected chi connectivity index (χ1v) is 6.56. The summed E-state index contributed by atoms with van der Waals surface area (Å²) in [4.78, 5) is 0. The maximum atomic E-state index is 5.84. The van der Waals surface area contributed by atoms with Gasteiger partial charge in [-0.2, -0.15) is 0 Å². The molecule has 1 nitrogen and oxygen atoms in total. The molecule has 1 aromatic rings. The van der Waals surface area contributed by atoms with Gasteiger partial charge in [-0.3, -0.25) is 0 Å². The van der Waals surface area contributed by atoms with E-state index >= 15 is 0 Å². The fraction of sp³-hybridized carbons (Fsp3) is 0.500. The average Bonchev–Trinajstić information content (AvgIpc) is 2.74. The highest BCUT2D eigenvalue weighted by Gasteiger charge is 2.25. The lowest BCUT2D eigenvalue weighted by Gasteiger charge is -2.15. The molecule has 1 heteroatoms. The minimum Gasteiger partial charge on any atom is -0.378 e. The van der Waals surface area contributed by atoms with Crippen LogP contribution in [0.3, 0.4) is 0 Å². The first-order valence-electron chi connectivity index (χ1n) is 6.56. The van der Waals surface area contributed by atoms with Crippen LogP contribution >= 0.6 is 0 Å². The predicted molar refractivity (Wildman–Crippen MR) is 72.0 cm³/mol. The summed E-state index contributed by atoms with van der Waals surface area (Å²) in [7, 11) is 0. The second kappa shape index (κ2) is 6.02. The quantitative estimate of drug-likeness (QED) is 0.711. The molecule has 0 unspecified atom stereocenters. The second-order valence-electron chi connectivity index (χ2n) is 5.13. The lowest BCUT2D eigenvalue weighted by molar-refractivity contribution is 0.0921. The molecule has 1 aromatic carbocycles. The average molecular weight is 230 g/mol. The van der Waals surface area contributed by atoms with Crippen LogP contribution in [0, 0.1) is 5.92 Å². The van der Waals surface area contributed by atoms with E-state index in [1.54, 1.807) is 0 Å². The van der Waals surface area contributed by atoms with E-state index in [0.29, 0.717) is 12.0 Å². The molecule has 1 fully saturated rings. The van der Waals surface area contributed by atoms with Gasteiger partial charge in [0.2, 0.25) is 0 Å². The van der Waals surface area contributed by atoms with Gasteiger partial charge in [0.05, 0.1) is 6.10 Å². The van der Waals surface area contributed by atoms with E-state index in [4.69, 9.17) is 4.74 Å². The number of ether oxygens (including phenoxy) is 1. The molecular formula is C16H22O. The first kappa shape index (κ1) is 12.4. The van der Waals surface area contributed by atoms with Crippen molar-refractivity contribution >= 4 is 0 Å². The molecule has 92 valence electrons. The Morgan fingerprint density at radius 1 is 1.29 bits per heavy atom. The largest absolute Gasteiger partial charge is 0.378 e. The highest BCUT2D eigenvalue weighted by molar-refractivity contribution is 5.15. The minimum atomic E-state index is 0.421. The van der Waals surface area contributed by atoms with E-state index in [-0.39, 0.29) is 0 Å². The van der Waals surface area contributed by atoms with Crippen LogP contribution in [0.1, 0.15) is 32.3 Å². The van der Waals surface area contributed by atoms with Crippen LogP contribution in [-0.2, 0) is 11.2 Å². The molecular weight excluding hydrogens is 208 g/mol. The van der Waals surface area contributed by atoms with Crippen LogP contribution in [0.2, 0.25) is 0 Å². The Bertz CT molecular complexity index is 362. The minimum absolute atomic E-state index is 0.421. The van der Waals surface area contributed by atoms with Gasteiger partial charge in [-0.05, 0) is 38.7 Å². The number of allylic oxidation sites excluding steroid dienone is 1. The van der Waals surface area contributed by atoms with E-state index in [2.05, 4.69) is 50.3 Å². The third kappa shape index (κ3) is 3.71. The molecule has 1 saturated heterocycles. The predicted octanol–water partition coefficient (Wildman–Crippen LogP) is 3.99. The Hall–Kier alpha value is -1.08. The van der Waals surface area contributed by atoms with E-state index < -0.39 is 0 Å². The zero-order valence-electron chi connectivity index (χ0n) is 10.9. The number of aryl methyl sites for hydroxylation is 1. The zero-order valence-corrected chi connectivity index (χ0v) is 10.9. The normalized spacial score (nSPS) is 23.6. The monoisotopic (exact) mass is 230 g/mol. The van der Waals surface area contributed by atoms with Crippen molar-refractivity contribution in [1.82, 2.24) is 0 Å². The Balaban J connectivity index is 1.88. The van der Waals surface area contributed by atoms with E-state index in [9.17, 15) is 0 Å². The van der Waals surface area contributed by atoms with Gasteiger partial charge in [0.15, 0.2) is 0 Å². The Labute approximate surface area is 104 Å². The SMILES string of the molecule is CC(C)=C[C@@H]1CCO[C@H]1CCc1ccccc1. The summed E-state index contributed by atoms with van der Waals surface area (Å²) in [5.74, 6) is 0.628. The number of hydrogen-bond donors (Lipinski definition) is 0. The summed E-state index contributed by atoms with van der Waals surface area (Å²) < 4.78 is 5.84. The van der Waals surface area contributed by atoms with Gasteiger partial charge in [0.25, 0.3) is 0 Å². The van der Waals surface area contributed by atoms with Gasteiger partial charge in [-0.1, -0.05) is 42.0 Å². The zero-order chi connectivity index (χ0) is 12.1. The molecule has 0 saturated carbocycles. The highest BCUT2D eigenvalue weighted by atomic mass is 16.5. The fourth-order valence-electron chi connectivity index (χ4n) is 2.53. The van der Waals surface area contributed by atoms with Gasteiger partial charge < -0.3 is 4.74 Å². The van der Waals surface area contributed by atoms with E-state index in [0.717, 1.165) is 19.4 Å². The fourth-order valence-corrected chi connectivity index (χ4v) is 2.53. The molecule has 0 N–H and O–H groups in total. The molecule has 1 aliphatic heterocycles. The molecule has 0 bridgehead atoms. The van der Waals surface area contributed by atoms with Crippen LogP contribution < -0.4 is 0 Å². The number of hydrogen-bond acceptors (Lipinski definition) is 1. The third-order valence-electron chi connectivity index (χ3n) is 3.37. The summed E-state index contributed by atoms with van der Waals surface area (Å²) in [6.45, 7) is 5.27. The standard InChI is InChI=1S/C16H22O/c1-13(2)12-15-10-11-17-16(15)9-8-14-6-4-3-5-7-14/h3-7,12,15-16H,8-11H2,1-2H3/t15-,16-/m0/s1. The van der Waals surface area contributed by atoms with Crippen molar-refractivity contribution in [3.63, 3.8) is 0 Å². The van der Waals surface area contributed by atoms with Crippen molar-refractivity contribution < 1.29 is 4.74 Å². The molecule has 0 radical (unpaired) electrons. The molecule has 1 aliphatic rings. The molecule has 2 atom stereocenters. The van der Waals surface area contributed by atoms with Crippen molar-refractivity contribution in [2.75, 3.05) is 6.61 Å². The van der Waals surface area contributed by atoms with Gasteiger partial charge in [0, 0.05) is 12.5 Å². The summed E-state index contributed by atoms with van der Waals surface area (Å²) in [6, 6.07) is 10.7. The summed E-state index contributed by atoms with van der Waals surface area (Å²) >= 11 is 0. The lowest BCUT2D eigenvalue weighted by atomic mass is 9.94. The van der Waals surface area contributed by atoms with Crippen LogP contribution in [0.15, 0.2) is 42.0 Å². The maximum absolute atomic E-state index is 5.84. The lowest BCUT2D eigenvalue weighted by Crippen LogP contribution is -2.15. The van der Waals surface area contributed by atoms with Crippen molar-refractivity contribution in [3.8, 4) is 0 Å². The summed E-state index contributed by atoms with van der Waals surface area (Å²) in [6.07, 6.45) is 6.25. The molecule has 0 aliphatic carbocycles. The number of benzene rings is 1. The topological polar surface area (TPSA) is 9.23 Å². The van der Waals surface area contributed by atoms with Crippen molar-refractivity contribution in [3.05, 3.63) is 47.5 Å². The molecule has 0 aromatic heterocycles. The Kier molecular flexibility index (Phi) is 4.38. The van der Waals surface area contributed by atoms with Crippen LogP contribution in [-0.4, -0.2) is 12.7 Å². The van der Waals surface area contributed by atoms with Gasteiger partial charge in [0.1, 0.15) is 0 Å². The van der Waals surface area contributed by atoms with Crippen molar-refractivity contribution in [1.29, 1.82) is 0 Å². The maximum Gasteiger partial charge on any atom is 0.0641 e. The smallest absolute Gasteiger partial charge is 0.0641 e. The molecule has 17 heavy (non-hydrogen) atoms. The molecule has 2 rings (SSSR count). The molecule has 0 amide bonds. The van der Waals surface area contributed by atoms with Crippen LogP contribution in [0.4, 0.5) is 0 Å². The third-order valence-corrected chi connectivity index (χ3v) is 3.37. The molecule has 0 spiro atoms. The van der Waals surface area contributed by atoms with E-state index in [1.165, 1.54) is 17.6 Å². The van der Waals surface area contributed by atoms with Gasteiger partial charge in [-0.15, -0.1) is 0 Å². The molecule has 1 heterocycles. The van der Waals surface area contributed by atoms with Crippen molar-refractivity contribution in [2.45, 2.75) is 39.2 Å².